The molecule has 0 radical (unpaired) electrons. The van der Waals surface area contributed by atoms with Crippen molar-refractivity contribution in [3.05, 3.63) is 99.0 Å². The maximum atomic E-state index is 12.7. The Labute approximate surface area is 212 Å². The lowest BCUT2D eigenvalue weighted by atomic mass is 10.0. The third-order valence-corrected chi connectivity index (χ3v) is 5.88. The molecule has 1 unspecified atom stereocenters. The molecule has 0 aliphatic carbocycles. The van der Waals surface area contributed by atoms with E-state index in [-0.39, 0.29) is 5.92 Å². The molecule has 8 heteroatoms. The zero-order chi connectivity index (χ0) is 24.5. The molecule has 0 heterocycles. The van der Waals surface area contributed by atoms with Crippen molar-refractivity contribution in [1.29, 1.82) is 0 Å². The van der Waals surface area contributed by atoms with Gasteiger partial charge in [0.1, 0.15) is 18.4 Å². The normalized spacial score (nSPS) is 11.9. The van der Waals surface area contributed by atoms with E-state index in [9.17, 15) is 9.59 Å². The Bertz CT molecular complexity index is 1170. The zero-order valence-corrected chi connectivity index (χ0v) is 21.1. The third-order valence-electron chi connectivity index (χ3n) is 4.94. The van der Waals surface area contributed by atoms with E-state index >= 15 is 0 Å². The number of hydrogen-bond acceptors (Lipinski definition) is 4. The number of amides is 2. The minimum atomic E-state index is -0.776. The number of carbonyl (C=O) groups excluding carboxylic acids is 2. The second kappa shape index (κ2) is 12.3. The summed E-state index contributed by atoms with van der Waals surface area (Å²) in [4.78, 5) is 25.2. The fraction of sp³-hybridized carbons (Fsp3) is 0.192. The third kappa shape index (κ3) is 7.17. The van der Waals surface area contributed by atoms with Crippen molar-refractivity contribution in [3.63, 3.8) is 0 Å². The van der Waals surface area contributed by atoms with Crippen LogP contribution in [0.15, 0.2) is 82.4 Å². The number of nitrogens with zero attached hydrogens (tertiary/aromatic N) is 1. The molecule has 0 saturated carbocycles. The summed E-state index contributed by atoms with van der Waals surface area (Å²) in [6.45, 7) is 4.14. The predicted molar refractivity (Wildman–Crippen MR) is 138 cm³/mol. The van der Waals surface area contributed by atoms with Gasteiger partial charge < -0.3 is 10.1 Å². The van der Waals surface area contributed by atoms with Crippen LogP contribution in [0.4, 0.5) is 0 Å². The fourth-order valence-corrected chi connectivity index (χ4v) is 3.82. The standard InChI is InChI=1S/C26H25BrClN3O3/c1-17(2)24(30-25(32)20-10-6-7-11-22(20)28)26(33)31-29-15-19-12-13-23(21(27)14-19)34-16-18-8-4-3-5-9-18/h3-15,17,24H,16H2,1-2H3,(H,30,32)(H,31,33)/b29-15+. The summed E-state index contributed by atoms with van der Waals surface area (Å²) in [5.41, 5.74) is 4.65. The van der Waals surface area contributed by atoms with Crippen molar-refractivity contribution >= 4 is 45.6 Å². The van der Waals surface area contributed by atoms with E-state index in [2.05, 4.69) is 31.8 Å². The monoisotopic (exact) mass is 541 g/mol. The molecule has 2 amide bonds. The summed E-state index contributed by atoms with van der Waals surface area (Å²) in [5, 5.41) is 7.10. The van der Waals surface area contributed by atoms with Crippen LogP contribution in [0.5, 0.6) is 5.75 Å². The molecule has 1 atom stereocenters. The Morgan fingerprint density at radius 2 is 1.76 bits per heavy atom. The molecule has 0 spiro atoms. The highest BCUT2D eigenvalue weighted by Crippen LogP contribution is 2.26. The first-order valence-electron chi connectivity index (χ1n) is 10.7. The second-order valence-corrected chi connectivity index (χ2v) is 9.13. The van der Waals surface area contributed by atoms with Crippen LogP contribution in [0.3, 0.4) is 0 Å². The molecule has 34 heavy (non-hydrogen) atoms. The van der Waals surface area contributed by atoms with Gasteiger partial charge in [-0.05, 0) is 63.3 Å². The molecule has 2 N–H and O–H groups in total. The summed E-state index contributed by atoms with van der Waals surface area (Å²) in [6.07, 6.45) is 1.52. The summed E-state index contributed by atoms with van der Waals surface area (Å²) < 4.78 is 6.62. The highest BCUT2D eigenvalue weighted by Gasteiger charge is 2.25. The van der Waals surface area contributed by atoms with E-state index in [1.54, 1.807) is 24.3 Å². The Morgan fingerprint density at radius 1 is 1.06 bits per heavy atom. The molecular formula is C26H25BrClN3O3. The maximum Gasteiger partial charge on any atom is 0.262 e. The topological polar surface area (TPSA) is 79.8 Å². The first-order chi connectivity index (χ1) is 16.3. The van der Waals surface area contributed by atoms with Crippen LogP contribution in [-0.4, -0.2) is 24.1 Å². The Hall–Kier alpha value is -3.16. The lowest BCUT2D eigenvalue weighted by Gasteiger charge is -2.20. The number of ether oxygens (including phenoxy) is 1. The summed E-state index contributed by atoms with van der Waals surface area (Å²) >= 11 is 9.60. The number of nitrogens with one attached hydrogen (secondary N) is 2. The van der Waals surface area contributed by atoms with Gasteiger partial charge in [-0.3, -0.25) is 9.59 Å². The molecule has 176 valence electrons. The summed E-state index contributed by atoms with van der Waals surface area (Å²) in [5.74, 6) is -0.295. The van der Waals surface area contributed by atoms with E-state index in [4.69, 9.17) is 16.3 Å². The minimum Gasteiger partial charge on any atom is -0.488 e. The van der Waals surface area contributed by atoms with Gasteiger partial charge >= 0.3 is 0 Å². The van der Waals surface area contributed by atoms with Gasteiger partial charge in [0, 0.05) is 0 Å². The van der Waals surface area contributed by atoms with Gasteiger partial charge in [-0.1, -0.05) is 67.9 Å². The van der Waals surface area contributed by atoms with Crippen molar-refractivity contribution in [3.8, 4) is 5.75 Å². The average Bonchev–Trinajstić information content (AvgIpc) is 2.82. The Morgan fingerprint density at radius 3 is 2.44 bits per heavy atom. The molecule has 3 aromatic carbocycles. The number of halogens is 2. The average molecular weight is 543 g/mol. The van der Waals surface area contributed by atoms with Gasteiger partial charge in [-0.15, -0.1) is 0 Å². The van der Waals surface area contributed by atoms with Crippen LogP contribution < -0.4 is 15.5 Å². The first-order valence-corrected chi connectivity index (χ1v) is 11.9. The number of rotatable bonds is 9. The van der Waals surface area contributed by atoms with Crippen molar-refractivity contribution in [1.82, 2.24) is 10.7 Å². The SMILES string of the molecule is CC(C)C(NC(=O)c1ccccc1Cl)C(=O)N/N=C/c1ccc(OCc2ccccc2)c(Br)c1. The Kier molecular flexibility index (Phi) is 9.24. The van der Waals surface area contributed by atoms with Gasteiger partial charge in [-0.25, -0.2) is 5.43 Å². The number of benzene rings is 3. The fourth-order valence-electron chi connectivity index (χ4n) is 3.09. The molecule has 6 nitrogen and oxygen atoms in total. The van der Waals surface area contributed by atoms with Gasteiger partial charge in [0.15, 0.2) is 0 Å². The highest BCUT2D eigenvalue weighted by atomic mass is 79.9. The lowest BCUT2D eigenvalue weighted by Crippen LogP contribution is -2.48. The van der Waals surface area contributed by atoms with Crippen molar-refractivity contribution in [2.45, 2.75) is 26.5 Å². The number of carbonyl (C=O) groups is 2. The zero-order valence-electron chi connectivity index (χ0n) is 18.8. The molecule has 3 aromatic rings. The van der Waals surface area contributed by atoms with E-state index in [0.717, 1.165) is 15.6 Å². The second-order valence-electron chi connectivity index (χ2n) is 7.87. The minimum absolute atomic E-state index is 0.156. The van der Waals surface area contributed by atoms with E-state index < -0.39 is 17.9 Å². The van der Waals surface area contributed by atoms with E-state index in [0.29, 0.717) is 22.9 Å². The molecule has 0 aliphatic rings. The van der Waals surface area contributed by atoms with Crippen LogP contribution in [0, 0.1) is 5.92 Å². The maximum absolute atomic E-state index is 12.7. The van der Waals surface area contributed by atoms with Crippen LogP contribution in [-0.2, 0) is 11.4 Å². The smallest absolute Gasteiger partial charge is 0.262 e. The van der Waals surface area contributed by atoms with Crippen LogP contribution in [0.2, 0.25) is 5.02 Å². The van der Waals surface area contributed by atoms with Gasteiger partial charge in [0.05, 0.1) is 21.3 Å². The van der Waals surface area contributed by atoms with Crippen LogP contribution in [0.1, 0.15) is 35.3 Å². The lowest BCUT2D eigenvalue weighted by molar-refractivity contribution is -0.123. The van der Waals surface area contributed by atoms with Crippen molar-refractivity contribution < 1.29 is 14.3 Å². The van der Waals surface area contributed by atoms with Gasteiger partial charge in [0.2, 0.25) is 0 Å². The molecule has 0 bridgehead atoms. The highest BCUT2D eigenvalue weighted by molar-refractivity contribution is 9.10. The largest absolute Gasteiger partial charge is 0.488 e. The van der Waals surface area contributed by atoms with Crippen molar-refractivity contribution in [2.75, 3.05) is 0 Å². The summed E-state index contributed by atoms with van der Waals surface area (Å²) in [6, 6.07) is 21.3. The van der Waals surface area contributed by atoms with Crippen molar-refractivity contribution in [2.24, 2.45) is 11.0 Å². The number of hydrogen-bond donors (Lipinski definition) is 2. The quantitative estimate of drug-likeness (QED) is 0.273. The number of hydrazone groups is 1. The van der Waals surface area contributed by atoms with Gasteiger partial charge in [-0.2, -0.15) is 5.10 Å². The molecule has 0 saturated heterocycles. The molecule has 3 rings (SSSR count). The molecule has 0 fully saturated rings. The Balaban J connectivity index is 1.58. The van der Waals surface area contributed by atoms with Gasteiger partial charge in [0.25, 0.3) is 11.8 Å². The first kappa shape index (κ1) is 25.5. The summed E-state index contributed by atoms with van der Waals surface area (Å²) in [7, 11) is 0. The van der Waals surface area contributed by atoms with Crippen LogP contribution >= 0.6 is 27.5 Å². The molecule has 0 aromatic heterocycles. The van der Waals surface area contributed by atoms with Crippen LogP contribution in [0.25, 0.3) is 0 Å². The van der Waals surface area contributed by atoms with E-state index in [1.165, 1.54) is 6.21 Å². The molecular weight excluding hydrogens is 518 g/mol. The predicted octanol–water partition coefficient (Wildman–Crippen LogP) is 5.59. The van der Waals surface area contributed by atoms with E-state index in [1.807, 2.05) is 62.4 Å². The molecule has 0 aliphatic heterocycles.